The van der Waals surface area contributed by atoms with Crippen LogP contribution in [0.5, 0.6) is 0 Å². The number of benzene rings is 1. The van der Waals surface area contributed by atoms with Crippen LogP contribution in [0.25, 0.3) is 0 Å². The fourth-order valence-corrected chi connectivity index (χ4v) is 2.21. The van der Waals surface area contributed by atoms with Crippen LogP contribution in [0, 0.1) is 6.92 Å². The van der Waals surface area contributed by atoms with E-state index in [9.17, 15) is 26.6 Å². The van der Waals surface area contributed by atoms with E-state index in [0.29, 0.717) is 5.56 Å². The van der Waals surface area contributed by atoms with E-state index in [1.807, 2.05) is 0 Å². The average Bonchev–Trinajstić information content (AvgIpc) is 2.27. The number of carbonyl (C=O) groups is 1. The fourth-order valence-electron chi connectivity index (χ4n) is 1.06. The number of rotatable bonds is 4. The van der Waals surface area contributed by atoms with Crippen LogP contribution in [-0.4, -0.2) is 20.6 Å². The number of halogens is 5. The van der Waals surface area contributed by atoms with Gasteiger partial charge in [0.2, 0.25) is 0 Å². The van der Waals surface area contributed by atoms with Crippen LogP contribution in [0.3, 0.4) is 0 Å². The molecule has 0 unspecified atom stereocenters. The summed E-state index contributed by atoms with van der Waals surface area (Å²) in [5.41, 5.74) is 0.702. The Morgan fingerprint density at radius 3 is 2.00 bits per heavy atom. The Bertz CT molecular complexity index is 482. The van der Waals surface area contributed by atoms with Crippen LogP contribution >= 0.6 is 11.6 Å². The molecule has 0 bridgehead atoms. The molecule has 0 aliphatic carbocycles. The lowest BCUT2D eigenvalue weighted by atomic mass is 10.2. The summed E-state index contributed by atoms with van der Waals surface area (Å²) >= 11 is 4.23. The van der Waals surface area contributed by atoms with Crippen LogP contribution < -0.4 is 0 Å². The molecule has 0 aliphatic heterocycles. The second kappa shape index (κ2) is 4.97. The zero-order valence-corrected chi connectivity index (χ0v) is 10.5. The van der Waals surface area contributed by atoms with Gasteiger partial charge >= 0.3 is 10.6 Å². The van der Waals surface area contributed by atoms with Gasteiger partial charge in [0.15, 0.2) is 0 Å². The molecule has 0 radical (unpaired) electrons. The standard InChI is InChI=1S/C10H7ClF4O2S/c1-6-2-4-7(5-3-6)18(17)10(14,15)8(16)9(11,12)13/h2-5H,1H3/t18-/m0/s1. The Kier molecular flexibility index (Phi) is 4.17. The van der Waals surface area contributed by atoms with E-state index in [0.717, 1.165) is 12.1 Å². The Morgan fingerprint density at radius 1 is 1.17 bits per heavy atom. The van der Waals surface area contributed by atoms with Gasteiger partial charge in [-0.25, -0.2) is 4.21 Å². The molecule has 8 heteroatoms. The van der Waals surface area contributed by atoms with E-state index < -0.39 is 32.1 Å². The molecule has 1 rings (SSSR count). The molecule has 0 saturated heterocycles. The molecule has 1 aromatic carbocycles. The maximum atomic E-state index is 13.3. The minimum Gasteiger partial charge on any atom is -0.283 e. The normalized spacial score (nSPS) is 14.3. The van der Waals surface area contributed by atoms with Gasteiger partial charge in [-0.05, 0) is 30.7 Å². The number of carbonyl (C=O) groups excluding carboxylic acids is 1. The molecule has 0 N–H and O–H groups in total. The van der Waals surface area contributed by atoms with E-state index in [1.54, 1.807) is 6.92 Å². The zero-order chi connectivity index (χ0) is 14.1. The summed E-state index contributed by atoms with van der Waals surface area (Å²) in [6.07, 6.45) is 0. The van der Waals surface area contributed by atoms with E-state index >= 15 is 0 Å². The monoisotopic (exact) mass is 302 g/mol. The molecule has 0 amide bonds. The van der Waals surface area contributed by atoms with Gasteiger partial charge in [0.25, 0.3) is 5.78 Å². The first-order valence-electron chi connectivity index (χ1n) is 4.55. The fraction of sp³-hybridized carbons (Fsp3) is 0.300. The molecule has 0 aliphatic rings. The van der Waals surface area contributed by atoms with Crippen LogP contribution in [-0.2, 0) is 15.6 Å². The number of alkyl halides is 5. The maximum Gasteiger partial charge on any atom is 0.390 e. The van der Waals surface area contributed by atoms with Gasteiger partial charge < -0.3 is 0 Å². The summed E-state index contributed by atoms with van der Waals surface area (Å²) in [5, 5.41) is -9.51. The number of ketones is 1. The van der Waals surface area contributed by atoms with E-state index in [-0.39, 0.29) is 0 Å². The van der Waals surface area contributed by atoms with Crippen molar-refractivity contribution in [1.29, 1.82) is 0 Å². The van der Waals surface area contributed by atoms with E-state index in [1.165, 1.54) is 12.1 Å². The van der Waals surface area contributed by atoms with Crippen molar-refractivity contribution in [3.05, 3.63) is 29.8 Å². The third kappa shape index (κ3) is 3.08. The third-order valence-electron chi connectivity index (χ3n) is 1.99. The largest absolute Gasteiger partial charge is 0.390 e. The molecule has 0 fully saturated rings. The summed E-state index contributed by atoms with van der Waals surface area (Å²) < 4.78 is 62.7. The highest BCUT2D eigenvalue weighted by Crippen LogP contribution is 2.34. The van der Waals surface area contributed by atoms with Crippen LogP contribution in [0.1, 0.15) is 5.56 Å². The molecule has 0 aromatic heterocycles. The lowest BCUT2D eigenvalue weighted by Gasteiger charge is -2.16. The topological polar surface area (TPSA) is 34.1 Å². The minimum absolute atomic E-state index is 0.431. The van der Waals surface area contributed by atoms with Crippen molar-refractivity contribution in [2.75, 3.05) is 0 Å². The predicted molar refractivity (Wildman–Crippen MR) is 58.3 cm³/mol. The first-order chi connectivity index (χ1) is 8.06. The molecule has 1 atom stereocenters. The van der Waals surface area contributed by atoms with Gasteiger partial charge in [-0.2, -0.15) is 17.6 Å². The number of aryl methyl sites for hydroxylation is 1. The second-order valence-corrected chi connectivity index (χ2v) is 5.42. The number of hydrogen-bond acceptors (Lipinski definition) is 2. The van der Waals surface area contributed by atoms with Crippen molar-refractivity contribution in [2.24, 2.45) is 0 Å². The smallest absolute Gasteiger partial charge is 0.283 e. The summed E-state index contributed by atoms with van der Waals surface area (Å²) in [7, 11) is -3.23. The second-order valence-electron chi connectivity index (χ2n) is 3.43. The molecule has 1 aromatic rings. The Balaban J connectivity index is 3.09. The summed E-state index contributed by atoms with van der Waals surface area (Å²) in [6, 6.07) is 4.87. The lowest BCUT2D eigenvalue weighted by molar-refractivity contribution is -0.148. The Labute approximate surface area is 107 Å². The zero-order valence-electron chi connectivity index (χ0n) is 8.92. The first kappa shape index (κ1) is 15.1. The van der Waals surface area contributed by atoms with Gasteiger partial charge in [0.1, 0.15) is 10.8 Å². The first-order valence-corrected chi connectivity index (χ1v) is 6.07. The van der Waals surface area contributed by atoms with Crippen LogP contribution in [0.2, 0.25) is 0 Å². The Morgan fingerprint density at radius 2 is 1.61 bits per heavy atom. The predicted octanol–water partition coefficient (Wildman–Crippen LogP) is 3.10. The molecule has 0 spiro atoms. The molecule has 0 saturated carbocycles. The quantitative estimate of drug-likeness (QED) is 0.632. The highest BCUT2D eigenvalue weighted by molar-refractivity contribution is 7.87. The SMILES string of the molecule is Cc1ccc([S@](=O)C(F)(F)C(=O)C(F)(F)Cl)cc1. The summed E-state index contributed by atoms with van der Waals surface area (Å²) in [6.45, 7) is 1.66. The van der Waals surface area contributed by atoms with Crippen molar-refractivity contribution in [1.82, 2.24) is 0 Å². The average molecular weight is 303 g/mol. The van der Waals surface area contributed by atoms with Gasteiger partial charge in [-0.1, -0.05) is 17.7 Å². The summed E-state index contributed by atoms with van der Waals surface area (Å²) in [4.78, 5) is 10.3. The van der Waals surface area contributed by atoms with Gasteiger partial charge in [0.05, 0.1) is 0 Å². The minimum atomic E-state index is -4.76. The van der Waals surface area contributed by atoms with E-state index in [2.05, 4.69) is 11.6 Å². The van der Waals surface area contributed by atoms with Crippen molar-refractivity contribution in [3.8, 4) is 0 Å². The van der Waals surface area contributed by atoms with E-state index in [4.69, 9.17) is 0 Å². The van der Waals surface area contributed by atoms with Crippen molar-refractivity contribution < 1.29 is 26.6 Å². The van der Waals surface area contributed by atoms with Crippen molar-refractivity contribution in [2.45, 2.75) is 22.5 Å². The highest BCUT2D eigenvalue weighted by atomic mass is 35.5. The molecular weight excluding hydrogens is 296 g/mol. The van der Waals surface area contributed by atoms with Crippen LogP contribution in [0.4, 0.5) is 17.6 Å². The third-order valence-corrected chi connectivity index (χ3v) is 3.51. The lowest BCUT2D eigenvalue weighted by Crippen LogP contribution is -2.42. The molecule has 100 valence electrons. The Hall–Kier alpha value is -0.950. The van der Waals surface area contributed by atoms with Crippen LogP contribution in [0.15, 0.2) is 29.2 Å². The highest BCUT2D eigenvalue weighted by Gasteiger charge is 2.57. The van der Waals surface area contributed by atoms with Crippen molar-refractivity contribution in [3.63, 3.8) is 0 Å². The van der Waals surface area contributed by atoms with Crippen molar-refractivity contribution >= 4 is 28.2 Å². The summed E-state index contributed by atoms with van der Waals surface area (Å²) in [5.74, 6) is -2.88. The van der Waals surface area contributed by atoms with Gasteiger partial charge in [-0.3, -0.25) is 4.79 Å². The molecule has 0 heterocycles. The molecule has 18 heavy (non-hydrogen) atoms. The molecular formula is C10H7ClF4O2S. The number of Topliss-reactive ketones (excluding diaryl/α,β-unsaturated/α-hetero) is 1. The molecule has 2 nitrogen and oxygen atoms in total. The van der Waals surface area contributed by atoms with Gasteiger partial charge in [0, 0.05) is 4.90 Å². The maximum absolute atomic E-state index is 13.3. The number of hydrogen-bond donors (Lipinski definition) is 0. The van der Waals surface area contributed by atoms with Gasteiger partial charge in [-0.15, -0.1) is 0 Å².